The van der Waals surface area contributed by atoms with Gasteiger partial charge < -0.3 is 9.47 Å². The molecule has 2 unspecified atom stereocenters. The molecule has 0 fully saturated rings. The van der Waals surface area contributed by atoms with Gasteiger partial charge in [0.2, 0.25) is 0 Å². The minimum Gasteiger partial charge on any atom is -0.424 e. The summed E-state index contributed by atoms with van der Waals surface area (Å²) in [5.41, 5.74) is -0.274. The number of esters is 2. The zero-order valence-electron chi connectivity index (χ0n) is 27.4. The highest BCUT2D eigenvalue weighted by Crippen LogP contribution is 2.68. The molecule has 0 bridgehead atoms. The van der Waals surface area contributed by atoms with Crippen LogP contribution < -0.4 is 9.47 Å². The Labute approximate surface area is 284 Å². The fourth-order valence-electron chi connectivity index (χ4n) is 4.69. The normalized spacial score (nSPS) is 15.0. The van der Waals surface area contributed by atoms with Crippen LogP contribution in [0.3, 0.4) is 0 Å². The average molecular weight is 687 g/mol. The summed E-state index contributed by atoms with van der Waals surface area (Å²) in [6, 6.07) is 2.12. The number of unbranched alkanes of at least 4 members (excludes halogenated alkanes) is 2. The first-order valence-electron chi connectivity index (χ1n) is 15.5. The number of Topliss-reactive ketones (excluding diaryl/α,β-unsaturated/α-hetero) is 1. The molecule has 3 rings (SSSR count). The summed E-state index contributed by atoms with van der Waals surface area (Å²) in [6.07, 6.45) is 6.39. The Morgan fingerprint density at radius 3 is 1.51 bits per heavy atom. The van der Waals surface area contributed by atoms with Gasteiger partial charge in [-0.1, -0.05) is 121 Å². The van der Waals surface area contributed by atoms with Crippen LogP contribution in [0.25, 0.3) is 4.85 Å². The molecule has 45 heavy (non-hydrogen) atoms. The van der Waals surface area contributed by atoms with Gasteiger partial charge in [-0.25, -0.2) is 4.85 Å². The molecule has 242 valence electrons. The van der Waals surface area contributed by atoms with Crippen LogP contribution in [0.5, 0.6) is 11.5 Å². The van der Waals surface area contributed by atoms with Crippen molar-refractivity contribution < 1.29 is 23.9 Å². The van der Waals surface area contributed by atoms with Crippen molar-refractivity contribution >= 4 is 64.8 Å². The summed E-state index contributed by atoms with van der Waals surface area (Å²) < 4.78 is 13.7. The summed E-state index contributed by atoms with van der Waals surface area (Å²) in [5.74, 6) is -0.900. The van der Waals surface area contributed by atoms with Crippen LogP contribution in [-0.2, 0) is 14.4 Å². The van der Waals surface area contributed by atoms with E-state index in [1.54, 1.807) is 27.7 Å². The number of carbonyl (C=O) groups excluding carboxylic acids is 3. The maximum Gasteiger partial charge on any atom is 0.314 e. The fraction of sp³-hybridized carbons (Fsp3) is 0.559. The van der Waals surface area contributed by atoms with E-state index in [-0.39, 0.29) is 35.1 Å². The monoisotopic (exact) mass is 686 g/mol. The minimum atomic E-state index is -0.787. The average Bonchev–Trinajstić information content (AvgIpc) is 3.65. The highest BCUT2D eigenvalue weighted by atomic mass is 32.2. The Balaban J connectivity index is 2.29. The van der Waals surface area contributed by atoms with Crippen molar-refractivity contribution in [2.24, 2.45) is 17.3 Å². The molecule has 1 aromatic carbocycles. The topological polar surface area (TPSA) is 97.8 Å². The zero-order chi connectivity index (χ0) is 33.5. The van der Waals surface area contributed by atoms with Gasteiger partial charge in [-0.15, -0.1) is 0 Å². The molecule has 11 heteroatoms. The highest BCUT2D eigenvalue weighted by Gasteiger charge is 2.41. The summed E-state index contributed by atoms with van der Waals surface area (Å²) >= 11 is 5.05. The second kappa shape index (κ2) is 16.5. The van der Waals surface area contributed by atoms with Crippen molar-refractivity contribution in [3.63, 3.8) is 0 Å². The Morgan fingerprint density at radius 1 is 0.800 bits per heavy atom. The molecule has 0 saturated heterocycles. The number of nitriles is 1. The Kier molecular flexibility index (Phi) is 13.6. The molecule has 2 atom stereocenters. The summed E-state index contributed by atoms with van der Waals surface area (Å²) in [6.45, 7) is 22.7. The Morgan fingerprint density at radius 2 is 1.20 bits per heavy atom. The molecule has 2 aliphatic heterocycles. The van der Waals surface area contributed by atoms with E-state index in [2.05, 4.69) is 24.8 Å². The first-order chi connectivity index (χ1) is 21.4. The molecule has 1 aromatic rings. The van der Waals surface area contributed by atoms with Crippen LogP contribution in [0.15, 0.2) is 39.3 Å². The maximum atomic E-state index is 13.6. The molecular weight excluding hydrogens is 645 g/mol. The lowest BCUT2D eigenvalue weighted by atomic mass is 9.87. The van der Waals surface area contributed by atoms with Gasteiger partial charge in [0.15, 0.2) is 23.0 Å². The highest BCUT2D eigenvalue weighted by molar-refractivity contribution is 8.26. The molecule has 0 radical (unpaired) electrons. The van der Waals surface area contributed by atoms with E-state index in [1.165, 1.54) is 47.0 Å². The third kappa shape index (κ3) is 8.54. The van der Waals surface area contributed by atoms with Crippen LogP contribution in [0.1, 0.15) is 107 Å². The largest absolute Gasteiger partial charge is 0.424 e. The lowest BCUT2D eigenvalue weighted by molar-refractivity contribution is -0.141. The van der Waals surface area contributed by atoms with Crippen molar-refractivity contribution in [2.75, 3.05) is 0 Å². The Bertz CT molecular complexity index is 1420. The van der Waals surface area contributed by atoms with Crippen molar-refractivity contribution in [3.05, 3.63) is 31.2 Å². The van der Waals surface area contributed by atoms with E-state index in [0.717, 1.165) is 29.9 Å². The molecule has 0 N–H and O–H groups in total. The summed E-state index contributed by atoms with van der Waals surface area (Å²) in [4.78, 5) is 46.5. The number of fused-ring (bicyclic) bond motifs is 2. The van der Waals surface area contributed by atoms with Gasteiger partial charge in [0.05, 0.1) is 46.5 Å². The van der Waals surface area contributed by atoms with Gasteiger partial charge in [0.1, 0.15) is 11.6 Å². The third-order valence-corrected chi connectivity index (χ3v) is 12.9. The van der Waals surface area contributed by atoms with Gasteiger partial charge in [-0.2, -0.15) is 5.26 Å². The first-order valence-corrected chi connectivity index (χ1v) is 18.8. The quantitative estimate of drug-likeness (QED) is 0.0655. The number of hydrogen-bond acceptors (Lipinski definition) is 10. The van der Waals surface area contributed by atoms with Crippen LogP contribution >= 0.6 is 47.0 Å². The van der Waals surface area contributed by atoms with E-state index in [4.69, 9.17) is 16.0 Å². The van der Waals surface area contributed by atoms with Crippen molar-refractivity contribution in [3.8, 4) is 17.6 Å². The SMILES string of the molecule is [C-]#[N+]C(C)=C1Sc2c(OC(=O)C(CC)CCCC)c3c(c(OC(=O)C(CC)CCCC)c2S1)SC(=C(C#N)C(=O)C(C)(C)C)S3. The number of ketones is 1. The zero-order valence-corrected chi connectivity index (χ0v) is 30.6. The molecule has 2 aliphatic rings. The lowest BCUT2D eigenvalue weighted by Gasteiger charge is -2.20. The number of hydrogen-bond donors (Lipinski definition) is 0. The first kappa shape index (κ1) is 37.2. The number of rotatable bonds is 13. The van der Waals surface area contributed by atoms with E-state index in [0.29, 0.717) is 66.7 Å². The van der Waals surface area contributed by atoms with Gasteiger partial charge in [0.25, 0.3) is 0 Å². The lowest BCUT2D eigenvalue weighted by Crippen LogP contribution is -2.22. The van der Waals surface area contributed by atoms with Crippen LogP contribution in [0.2, 0.25) is 0 Å². The summed E-state index contributed by atoms with van der Waals surface area (Å²) in [5, 5.41) is 10.1. The van der Waals surface area contributed by atoms with E-state index < -0.39 is 5.41 Å². The molecule has 0 spiro atoms. The molecule has 2 heterocycles. The number of carbonyl (C=O) groups is 3. The molecule has 0 amide bonds. The van der Waals surface area contributed by atoms with Gasteiger partial charge >= 0.3 is 11.9 Å². The Hall–Kier alpha value is -2.31. The van der Waals surface area contributed by atoms with Crippen molar-refractivity contribution in [1.82, 2.24) is 0 Å². The molecule has 0 aromatic heterocycles. The van der Waals surface area contributed by atoms with E-state index in [9.17, 15) is 19.6 Å². The molecule has 7 nitrogen and oxygen atoms in total. The second-order valence-corrected chi connectivity index (χ2v) is 16.7. The van der Waals surface area contributed by atoms with Crippen LogP contribution in [-0.4, -0.2) is 17.7 Å². The number of allylic oxidation sites excluding steroid dienone is 2. The standard InChI is InChI=1S/C34H42N2O5S4/c1-10-14-16-20(12-3)30(38)40-23-25-26(43-32(42-25)19(5)36-9)24(41-31(39)21(13-4)17-15-11-2)28-27(23)44-33(45-28)22(18-35)29(37)34(6,7)8/h20-21H,10-17H2,1-8H3. The van der Waals surface area contributed by atoms with Crippen molar-refractivity contribution in [1.29, 1.82) is 5.26 Å². The number of benzene rings is 1. The van der Waals surface area contributed by atoms with Gasteiger partial charge in [-0.05, 0) is 32.6 Å². The maximum absolute atomic E-state index is 13.6. The minimum absolute atomic E-state index is 0.0249. The van der Waals surface area contributed by atoms with Gasteiger partial charge in [0, 0.05) is 5.41 Å². The van der Waals surface area contributed by atoms with Crippen LogP contribution in [0.4, 0.5) is 0 Å². The smallest absolute Gasteiger partial charge is 0.314 e. The van der Waals surface area contributed by atoms with Crippen molar-refractivity contribution in [2.45, 2.75) is 126 Å². The van der Waals surface area contributed by atoms with E-state index in [1.807, 2.05) is 13.8 Å². The molecule has 0 saturated carbocycles. The van der Waals surface area contributed by atoms with E-state index >= 15 is 0 Å². The molecular formula is C34H42N2O5S4. The predicted octanol–water partition coefficient (Wildman–Crippen LogP) is 10.8. The van der Waals surface area contributed by atoms with Gasteiger partial charge in [-0.3, -0.25) is 14.4 Å². The number of nitrogens with zero attached hydrogens (tertiary/aromatic N) is 2. The third-order valence-electron chi connectivity index (χ3n) is 7.57. The fourth-order valence-corrected chi connectivity index (χ4v) is 9.95. The second-order valence-electron chi connectivity index (χ2n) is 12.1. The number of ether oxygens (including phenoxy) is 2. The number of thioether (sulfide) groups is 4. The molecule has 0 aliphatic carbocycles. The summed E-state index contributed by atoms with van der Waals surface area (Å²) in [7, 11) is 0. The van der Waals surface area contributed by atoms with Crippen LogP contribution in [0, 0.1) is 35.2 Å². The predicted molar refractivity (Wildman–Crippen MR) is 184 cm³/mol.